The van der Waals surface area contributed by atoms with E-state index in [-0.39, 0.29) is 18.5 Å². The molecule has 0 aliphatic heterocycles. The zero-order chi connectivity index (χ0) is 13.5. The van der Waals surface area contributed by atoms with Crippen molar-refractivity contribution >= 4 is 12.0 Å². The summed E-state index contributed by atoms with van der Waals surface area (Å²) in [6.07, 6.45) is 1.96. The lowest BCUT2D eigenvalue weighted by Gasteiger charge is -2.29. The normalized spacial score (nSPS) is 14.3. The van der Waals surface area contributed by atoms with Crippen molar-refractivity contribution in [1.82, 2.24) is 9.80 Å². The number of urea groups is 1. The molecule has 0 atom stereocenters. The number of carboxylic acids is 1. The Morgan fingerprint density at radius 1 is 1.33 bits per heavy atom. The molecule has 1 rings (SSSR count). The number of likely N-dealkylation sites (N-methyl/N-ethyl adjacent to an activating group) is 1. The third-order valence-electron chi connectivity index (χ3n) is 3.02. The number of methoxy groups -OCH3 is 1. The molecule has 18 heavy (non-hydrogen) atoms. The summed E-state index contributed by atoms with van der Waals surface area (Å²) in [6, 6.07) is 0.159. The number of carbonyl (C=O) groups is 2. The Balaban J connectivity index is 2.53. The molecule has 0 unspecified atom stereocenters. The van der Waals surface area contributed by atoms with E-state index < -0.39 is 5.97 Å². The van der Waals surface area contributed by atoms with Crippen LogP contribution in [0.15, 0.2) is 0 Å². The van der Waals surface area contributed by atoms with Gasteiger partial charge in [-0.15, -0.1) is 0 Å². The Morgan fingerprint density at radius 3 is 2.44 bits per heavy atom. The maximum atomic E-state index is 12.3. The van der Waals surface area contributed by atoms with E-state index in [1.165, 1.54) is 0 Å². The quantitative estimate of drug-likeness (QED) is 0.705. The number of hydrogen-bond acceptors (Lipinski definition) is 3. The van der Waals surface area contributed by atoms with Crippen molar-refractivity contribution in [2.75, 3.05) is 33.4 Å². The largest absolute Gasteiger partial charge is 0.481 e. The predicted octanol–water partition coefficient (Wildman–Crippen LogP) is 1.01. The number of rotatable bonds is 8. The van der Waals surface area contributed by atoms with Gasteiger partial charge in [0.15, 0.2) is 0 Å². The second-order valence-corrected chi connectivity index (χ2v) is 4.42. The molecule has 0 saturated heterocycles. The molecule has 2 amide bonds. The Morgan fingerprint density at radius 2 is 2.00 bits per heavy atom. The van der Waals surface area contributed by atoms with Gasteiger partial charge in [-0.05, 0) is 19.8 Å². The van der Waals surface area contributed by atoms with Gasteiger partial charge < -0.3 is 19.6 Å². The van der Waals surface area contributed by atoms with Crippen LogP contribution in [0, 0.1) is 0 Å². The first-order valence-corrected chi connectivity index (χ1v) is 6.36. The number of carboxylic acid groups (broad SMARTS) is 1. The number of aliphatic carboxylic acids is 1. The van der Waals surface area contributed by atoms with Gasteiger partial charge in [0.05, 0.1) is 13.0 Å². The predicted molar refractivity (Wildman–Crippen MR) is 66.5 cm³/mol. The molecule has 0 heterocycles. The van der Waals surface area contributed by atoms with E-state index in [9.17, 15) is 9.59 Å². The molecule has 1 fully saturated rings. The number of carbonyl (C=O) groups excluding carboxylic acids is 1. The fourth-order valence-corrected chi connectivity index (χ4v) is 1.81. The van der Waals surface area contributed by atoms with Gasteiger partial charge in [-0.25, -0.2) is 4.79 Å². The van der Waals surface area contributed by atoms with Gasteiger partial charge >= 0.3 is 12.0 Å². The van der Waals surface area contributed by atoms with Crippen molar-refractivity contribution in [3.8, 4) is 0 Å². The fourth-order valence-electron chi connectivity index (χ4n) is 1.81. The first-order chi connectivity index (χ1) is 8.60. The fraction of sp³-hybridized carbons (Fsp3) is 0.833. The standard InChI is InChI=1S/C12H22N2O4/c1-3-13(8-9-18-2)12(17)14(10-4-5-10)7-6-11(15)16/h10H,3-9H2,1-2H3,(H,15,16). The van der Waals surface area contributed by atoms with Crippen molar-refractivity contribution in [1.29, 1.82) is 0 Å². The van der Waals surface area contributed by atoms with Gasteiger partial charge in [-0.2, -0.15) is 0 Å². The van der Waals surface area contributed by atoms with E-state index in [0.717, 1.165) is 12.8 Å². The van der Waals surface area contributed by atoms with Crippen molar-refractivity contribution in [2.45, 2.75) is 32.2 Å². The van der Waals surface area contributed by atoms with Crippen LogP contribution in [0.4, 0.5) is 4.79 Å². The summed E-state index contributed by atoms with van der Waals surface area (Å²) < 4.78 is 4.97. The van der Waals surface area contributed by atoms with Crippen LogP contribution >= 0.6 is 0 Å². The first kappa shape index (κ1) is 14.8. The highest BCUT2D eigenvalue weighted by Crippen LogP contribution is 2.27. The minimum atomic E-state index is -0.867. The maximum absolute atomic E-state index is 12.3. The van der Waals surface area contributed by atoms with Crippen LogP contribution in [0.3, 0.4) is 0 Å². The minimum absolute atomic E-state index is 0.00404. The summed E-state index contributed by atoms with van der Waals surface area (Å²) in [4.78, 5) is 26.3. The zero-order valence-electron chi connectivity index (χ0n) is 11.1. The summed E-state index contributed by atoms with van der Waals surface area (Å²) in [5, 5.41) is 8.71. The number of amides is 2. The third kappa shape index (κ3) is 4.52. The van der Waals surface area contributed by atoms with Crippen molar-refractivity contribution in [2.24, 2.45) is 0 Å². The third-order valence-corrected chi connectivity index (χ3v) is 3.02. The van der Waals surface area contributed by atoms with E-state index in [4.69, 9.17) is 9.84 Å². The molecule has 6 heteroatoms. The molecule has 6 nitrogen and oxygen atoms in total. The van der Waals surface area contributed by atoms with E-state index in [1.54, 1.807) is 16.9 Å². The van der Waals surface area contributed by atoms with E-state index >= 15 is 0 Å². The van der Waals surface area contributed by atoms with Crippen molar-refractivity contribution in [3.63, 3.8) is 0 Å². The summed E-state index contributed by atoms with van der Waals surface area (Å²) in [7, 11) is 1.60. The van der Waals surface area contributed by atoms with Crippen LogP contribution in [0.25, 0.3) is 0 Å². The molecular formula is C12H22N2O4. The highest BCUT2D eigenvalue weighted by molar-refractivity contribution is 5.76. The molecule has 104 valence electrons. The van der Waals surface area contributed by atoms with Crippen LogP contribution in [0.2, 0.25) is 0 Å². The Hall–Kier alpha value is -1.30. The van der Waals surface area contributed by atoms with Gasteiger partial charge in [0.2, 0.25) is 0 Å². The molecule has 0 radical (unpaired) electrons. The number of nitrogens with zero attached hydrogens (tertiary/aromatic N) is 2. The van der Waals surface area contributed by atoms with Crippen molar-refractivity contribution in [3.05, 3.63) is 0 Å². The van der Waals surface area contributed by atoms with Crippen LogP contribution in [-0.2, 0) is 9.53 Å². The maximum Gasteiger partial charge on any atom is 0.320 e. The summed E-state index contributed by atoms with van der Waals surface area (Å²) in [6.45, 7) is 3.86. The van der Waals surface area contributed by atoms with Crippen LogP contribution < -0.4 is 0 Å². The smallest absolute Gasteiger partial charge is 0.320 e. The molecule has 1 saturated carbocycles. The van der Waals surface area contributed by atoms with Gasteiger partial charge in [0, 0.05) is 32.8 Å². The van der Waals surface area contributed by atoms with Crippen LogP contribution in [0.1, 0.15) is 26.2 Å². The average Bonchev–Trinajstić information content (AvgIpc) is 3.14. The lowest BCUT2D eigenvalue weighted by Crippen LogP contribution is -2.46. The summed E-state index contributed by atoms with van der Waals surface area (Å²) in [5.74, 6) is -0.867. The average molecular weight is 258 g/mol. The number of ether oxygens (including phenoxy) is 1. The van der Waals surface area contributed by atoms with Crippen LogP contribution in [0.5, 0.6) is 0 Å². The molecule has 0 aromatic carbocycles. The summed E-state index contributed by atoms with van der Waals surface area (Å²) >= 11 is 0. The molecule has 0 aromatic heterocycles. The molecule has 0 spiro atoms. The second-order valence-electron chi connectivity index (χ2n) is 4.42. The van der Waals surface area contributed by atoms with Gasteiger partial charge in [-0.1, -0.05) is 0 Å². The second kappa shape index (κ2) is 7.20. The monoisotopic (exact) mass is 258 g/mol. The highest BCUT2D eigenvalue weighted by Gasteiger charge is 2.34. The molecule has 1 aliphatic carbocycles. The van der Waals surface area contributed by atoms with E-state index in [1.807, 2.05) is 6.92 Å². The Kier molecular flexibility index (Phi) is 5.91. The zero-order valence-corrected chi connectivity index (χ0v) is 11.1. The van der Waals surface area contributed by atoms with Gasteiger partial charge in [0.1, 0.15) is 0 Å². The van der Waals surface area contributed by atoms with E-state index in [0.29, 0.717) is 26.2 Å². The van der Waals surface area contributed by atoms with Crippen LogP contribution in [-0.4, -0.2) is 66.3 Å². The van der Waals surface area contributed by atoms with Gasteiger partial charge in [0.25, 0.3) is 0 Å². The topological polar surface area (TPSA) is 70.1 Å². The number of hydrogen-bond donors (Lipinski definition) is 1. The lowest BCUT2D eigenvalue weighted by atomic mass is 10.3. The lowest BCUT2D eigenvalue weighted by molar-refractivity contribution is -0.137. The minimum Gasteiger partial charge on any atom is -0.481 e. The SMILES string of the molecule is CCN(CCOC)C(=O)N(CCC(=O)O)C1CC1. The Bertz CT molecular complexity index is 292. The molecule has 1 aliphatic rings. The molecule has 0 aromatic rings. The molecular weight excluding hydrogens is 236 g/mol. The highest BCUT2D eigenvalue weighted by atomic mass is 16.5. The van der Waals surface area contributed by atoms with Crippen molar-refractivity contribution < 1.29 is 19.4 Å². The molecule has 0 bridgehead atoms. The summed E-state index contributed by atoms with van der Waals surface area (Å²) in [5.41, 5.74) is 0. The first-order valence-electron chi connectivity index (χ1n) is 6.36. The molecule has 1 N–H and O–H groups in total. The van der Waals surface area contributed by atoms with Gasteiger partial charge in [-0.3, -0.25) is 4.79 Å². The van der Waals surface area contributed by atoms with E-state index in [2.05, 4.69) is 0 Å². The Labute approximate surface area is 107 Å².